The van der Waals surface area contributed by atoms with Gasteiger partial charge >= 0.3 is 5.97 Å². The Morgan fingerprint density at radius 3 is 2.48 bits per heavy atom. The van der Waals surface area contributed by atoms with Crippen LogP contribution in [0.3, 0.4) is 0 Å². The van der Waals surface area contributed by atoms with Gasteiger partial charge in [-0.3, -0.25) is 0 Å². The number of carbonyl (C=O) groups excluding carboxylic acids is 1. The van der Waals surface area contributed by atoms with Crippen molar-refractivity contribution in [2.75, 3.05) is 6.61 Å². The molecule has 0 aliphatic rings. The molecule has 21 heavy (non-hydrogen) atoms. The highest BCUT2D eigenvalue weighted by molar-refractivity contribution is 5.77. The van der Waals surface area contributed by atoms with Crippen LogP contribution in [-0.4, -0.2) is 12.6 Å². The molecule has 0 aliphatic heterocycles. The molecule has 0 fully saturated rings. The van der Waals surface area contributed by atoms with Gasteiger partial charge in [0.25, 0.3) is 0 Å². The molecule has 2 aromatic carbocycles. The summed E-state index contributed by atoms with van der Waals surface area (Å²) in [5.74, 6) is -0.113. The van der Waals surface area contributed by atoms with Gasteiger partial charge in [-0.15, -0.1) is 0 Å². The van der Waals surface area contributed by atoms with E-state index in [1.165, 1.54) is 0 Å². The third-order valence-corrected chi connectivity index (χ3v) is 2.86. The van der Waals surface area contributed by atoms with E-state index in [1.54, 1.807) is 43.3 Å². The Kier molecular flexibility index (Phi) is 4.94. The van der Waals surface area contributed by atoms with E-state index in [0.29, 0.717) is 16.9 Å². The lowest BCUT2D eigenvalue weighted by Gasteiger charge is -2.18. The van der Waals surface area contributed by atoms with Crippen LogP contribution in [-0.2, 0) is 9.53 Å². The van der Waals surface area contributed by atoms with Crippen molar-refractivity contribution in [1.82, 2.24) is 0 Å². The Morgan fingerprint density at radius 2 is 1.81 bits per heavy atom. The van der Waals surface area contributed by atoms with E-state index < -0.39 is 12.1 Å². The van der Waals surface area contributed by atoms with Crippen LogP contribution in [0.2, 0.25) is 0 Å². The third-order valence-electron chi connectivity index (χ3n) is 2.86. The van der Waals surface area contributed by atoms with Crippen molar-refractivity contribution in [1.29, 1.82) is 5.26 Å². The van der Waals surface area contributed by atoms with Gasteiger partial charge in [-0.05, 0) is 19.1 Å². The van der Waals surface area contributed by atoms with Crippen molar-refractivity contribution in [3.63, 3.8) is 0 Å². The molecule has 0 unspecified atom stereocenters. The fraction of sp³-hybridized carbons (Fsp3) is 0.176. The minimum atomic E-state index is -0.888. The normalized spacial score (nSPS) is 11.2. The zero-order chi connectivity index (χ0) is 15.1. The smallest absolute Gasteiger partial charge is 0.352 e. The maximum atomic E-state index is 12.1. The van der Waals surface area contributed by atoms with Gasteiger partial charge in [-0.1, -0.05) is 42.5 Å². The lowest BCUT2D eigenvalue weighted by atomic mass is 10.1. The van der Waals surface area contributed by atoms with Gasteiger partial charge in [0.1, 0.15) is 11.8 Å². The minimum Gasteiger partial charge on any atom is -0.473 e. The predicted octanol–water partition coefficient (Wildman–Crippen LogP) is 3.24. The number of nitriles is 1. The maximum Gasteiger partial charge on any atom is 0.352 e. The molecule has 0 radical (unpaired) electrons. The number of nitrogens with zero attached hydrogens (tertiary/aromatic N) is 1. The third kappa shape index (κ3) is 3.61. The van der Waals surface area contributed by atoms with E-state index in [1.807, 2.05) is 24.3 Å². The molecule has 0 bridgehead atoms. The Balaban J connectivity index is 2.33. The molecule has 0 aromatic heterocycles. The Bertz CT molecular complexity index is 647. The molecule has 4 nitrogen and oxygen atoms in total. The zero-order valence-corrected chi connectivity index (χ0v) is 11.7. The Hall–Kier alpha value is -2.80. The predicted molar refractivity (Wildman–Crippen MR) is 77.6 cm³/mol. The highest BCUT2D eigenvalue weighted by Gasteiger charge is 2.24. The summed E-state index contributed by atoms with van der Waals surface area (Å²) in [7, 11) is 0. The number of para-hydroxylation sites is 1. The quantitative estimate of drug-likeness (QED) is 0.789. The number of ether oxygens (including phenoxy) is 2. The number of rotatable bonds is 5. The van der Waals surface area contributed by atoms with Crippen molar-refractivity contribution in [2.45, 2.75) is 13.0 Å². The van der Waals surface area contributed by atoms with E-state index >= 15 is 0 Å². The lowest BCUT2D eigenvalue weighted by molar-refractivity contribution is -0.151. The zero-order valence-electron chi connectivity index (χ0n) is 11.7. The topological polar surface area (TPSA) is 59.3 Å². The molecule has 2 rings (SSSR count). The second kappa shape index (κ2) is 7.11. The van der Waals surface area contributed by atoms with E-state index in [9.17, 15) is 4.79 Å². The van der Waals surface area contributed by atoms with Crippen molar-refractivity contribution < 1.29 is 14.3 Å². The van der Waals surface area contributed by atoms with Crippen molar-refractivity contribution in [3.05, 3.63) is 65.7 Å². The average molecular weight is 281 g/mol. The molecular weight excluding hydrogens is 266 g/mol. The summed E-state index contributed by atoms with van der Waals surface area (Å²) in [5.41, 5.74) is 1.06. The number of hydrogen-bond donors (Lipinski definition) is 0. The summed E-state index contributed by atoms with van der Waals surface area (Å²) in [6.45, 7) is 2.01. The first-order valence-electron chi connectivity index (χ1n) is 6.63. The Morgan fingerprint density at radius 1 is 1.14 bits per heavy atom. The van der Waals surface area contributed by atoms with E-state index in [-0.39, 0.29) is 6.61 Å². The minimum absolute atomic E-state index is 0.269. The monoisotopic (exact) mass is 281 g/mol. The molecule has 0 N–H and O–H groups in total. The largest absolute Gasteiger partial charge is 0.473 e. The second-order valence-electron chi connectivity index (χ2n) is 4.27. The van der Waals surface area contributed by atoms with Crippen LogP contribution in [0, 0.1) is 11.3 Å². The summed E-state index contributed by atoms with van der Waals surface area (Å²) >= 11 is 0. The van der Waals surface area contributed by atoms with E-state index in [0.717, 1.165) is 0 Å². The van der Waals surface area contributed by atoms with Gasteiger partial charge in [0, 0.05) is 5.56 Å². The fourth-order valence-electron chi connectivity index (χ4n) is 1.89. The number of hydrogen-bond acceptors (Lipinski definition) is 4. The van der Waals surface area contributed by atoms with Gasteiger partial charge in [-0.25, -0.2) is 4.79 Å². The molecule has 106 valence electrons. The number of benzene rings is 2. The van der Waals surface area contributed by atoms with Gasteiger partial charge in [-0.2, -0.15) is 5.26 Å². The van der Waals surface area contributed by atoms with Crippen LogP contribution in [0.15, 0.2) is 54.6 Å². The Labute approximate surface area is 123 Å². The first kappa shape index (κ1) is 14.6. The second-order valence-corrected chi connectivity index (χ2v) is 4.27. The maximum absolute atomic E-state index is 12.1. The average Bonchev–Trinajstić information content (AvgIpc) is 2.54. The molecule has 0 saturated heterocycles. The number of carbonyl (C=O) groups is 1. The summed E-state index contributed by atoms with van der Waals surface area (Å²) in [6.07, 6.45) is -0.888. The van der Waals surface area contributed by atoms with Gasteiger partial charge < -0.3 is 9.47 Å². The van der Waals surface area contributed by atoms with Crippen LogP contribution in [0.5, 0.6) is 5.75 Å². The summed E-state index contributed by atoms with van der Waals surface area (Å²) in [5, 5.41) is 9.10. The molecule has 0 spiro atoms. The van der Waals surface area contributed by atoms with Crippen LogP contribution in [0.1, 0.15) is 24.2 Å². The standard InChI is InChI=1S/C17H15NO3/c1-2-20-17(19)16(13-8-4-3-5-9-13)21-15-11-7-6-10-14(15)12-18/h3-11,16H,2H2,1H3/t16-/m0/s1. The van der Waals surface area contributed by atoms with Gasteiger partial charge in [0.2, 0.25) is 6.10 Å². The van der Waals surface area contributed by atoms with Gasteiger partial charge in [0.05, 0.1) is 12.2 Å². The molecule has 0 heterocycles. The molecule has 0 amide bonds. The molecular formula is C17H15NO3. The first-order chi connectivity index (χ1) is 10.3. The summed E-state index contributed by atoms with van der Waals surface area (Å²) in [4.78, 5) is 12.1. The summed E-state index contributed by atoms with van der Waals surface area (Å²) < 4.78 is 10.8. The van der Waals surface area contributed by atoms with Gasteiger partial charge in [0.15, 0.2) is 0 Å². The van der Waals surface area contributed by atoms with Crippen molar-refractivity contribution in [3.8, 4) is 11.8 Å². The summed E-state index contributed by atoms with van der Waals surface area (Å²) in [6, 6.07) is 17.9. The van der Waals surface area contributed by atoms with E-state index in [2.05, 4.69) is 0 Å². The highest BCUT2D eigenvalue weighted by Crippen LogP contribution is 2.26. The van der Waals surface area contributed by atoms with E-state index in [4.69, 9.17) is 14.7 Å². The van der Waals surface area contributed by atoms with Crippen LogP contribution >= 0.6 is 0 Å². The lowest BCUT2D eigenvalue weighted by Crippen LogP contribution is -2.21. The van der Waals surface area contributed by atoms with Crippen LogP contribution in [0.25, 0.3) is 0 Å². The molecule has 2 aromatic rings. The SMILES string of the molecule is CCOC(=O)[C@@H](Oc1ccccc1C#N)c1ccccc1. The van der Waals surface area contributed by atoms with Crippen molar-refractivity contribution >= 4 is 5.97 Å². The molecule has 4 heteroatoms. The fourth-order valence-corrected chi connectivity index (χ4v) is 1.89. The molecule has 0 aliphatic carbocycles. The molecule has 1 atom stereocenters. The highest BCUT2D eigenvalue weighted by atomic mass is 16.6. The molecule has 0 saturated carbocycles. The first-order valence-corrected chi connectivity index (χ1v) is 6.63. The van der Waals surface area contributed by atoms with Crippen LogP contribution in [0.4, 0.5) is 0 Å². The van der Waals surface area contributed by atoms with Crippen molar-refractivity contribution in [2.24, 2.45) is 0 Å². The van der Waals surface area contributed by atoms with Crippen LogP contribution < -0.4 is 4.74 Å². The number of esters is 1.